The van der Waals surface area contributed by atoms with Crippen LogP contribution in [0.4, 0.5) is 0 Å². The van der Waals surface area contributed by atoms with Crippen molar-refractivity contribution in [2.45, 2.75) is 46.0 Å². The van der Waals surface area contributed by atoms with Gasteiger partial charge < -0.3 is 0 Å². The molecule has 0 fully saturated rings. The summed E-state index contributed by atoms with van der Waals surface area (Å²) < 4.78 is 0. The molecule has 0 amide bonds. The molecule has 0 aliphatic heterocycles. The van der Waals surface area contributed by atoms with E-state index in [-0.39, 0.29) is 0 Å². The first kappa shape index (κ1) is 12.4. The first-order valence-electron chi connectivity index (χ1n) is 5.84. The quantitative estimate of drug-likeness (QED) is 0.385. The lowest BCUT2D eigenvalue weighted by Gasteiger charge is -2.03. The van der Waals surface area contributed by atoms with Crippen LogP contribution in [-0.4, -0.2) is 4.86 Å². The number of hydrogen-bond donors (Lipinski definition) is 0. The van der Waals surface area contributed by atoms with Crippen LogP contribution in [0, 0.1) is 0 Å². The fourth-order valence-electron chi connectivity index (χ4n) is 1.66. The van der Waals surface area contributed by atoms with Crippen LogP contribution < -0.4 is 0 Å². The van der Waals surface area contributed by atoms with E-state index in [2.05, 4.69) is 31.2 Å². The Balaban J connectivity index is 2.39. The SMILES string of the molecule is CCCCCCc1ccc(C(C)=S)cc1. The third-order valence-corrected chi connectivity index (χ3v) is 2.92. The second-order valence-electron chi connectivity index (χ2n) is 4.06. The lowest BCUT2D eigenvalue weighted by atomic mass is 10.0. The molecule has 0 bridgehead atoms. The van der Waals surface area contributed by atoms with E-state index in [9.17, 15) is 0 Å². The molecule has 0 spiro atoms. The molecule has 0 nitrogen and oxygen atoms in total. The van der Waals surface area contributed by atoms with Crippen molar-refractivity contribution in [3.8, 4) is 0 Å². The summed E-state index contributed by atoms with van der Waals surface area (Å²) in [6.45, 7) is 4.22. The third kappa shape index (κ3) is 4.57. The average molecular weight is 220 g/mol. The van der Waals surface area contributed by atoms with Crippen molar-refractivity contribution in [2.75, 3.05) is 0 Å². The van der Waals surface area contributed by atoms with Crippen molar-refractivity contribution < 1.29 is 0 Å². The van der Waals surface area contributed by atoms with Gasteiger partial charge in [-0.2, -0.15) is 0 Å². The van der Waals surface area contributed by atoms with Crippen molar-refractivity contribution in [3.05, 3.63) is 35.4 Å². The van der Waals surface area contributed by atoms with Crippen LogP contribution in [0.5, 0.6) is 0 Å². The monoisotopic (exact) mass is 220 g/mol. The van der Waals surface area contributed by atoms with Crippen molar-refractivity contribution in [2.24, 2.45) is 0 Å². The van der Waals surface area contributed by atoms with Gasteiger partial charge in [0.15, 0.2) is 0 Å². The van der Waals surface area contributed by atoms with Crippen LogP contribution in [0.25, 0.3) is 0 Å². The molecule has 1 aromatic rings. The van der Waals surface area contributed by atoms with Gasteiger partial charge in [-0.3, -0.25) is 0 Å². The molecular formula is C14H20S. The fraction of sp³-hybridized carbons (Fsp3) is 0.500. The molecule has 0 N–H and O–H groups in total. The molecule has 0 aromatic heterocycles. The van der Waals surface area contributed by atoms with Gasteiger partial charge in [-0.15, -0.1) is 0 Å². The van der Waals surface area contributed by atoms with E-state index in [1.54, 1.807) is 0 Å². The minimum Gasteiger partial charge on any atom is -0.0846 e. The van der Waals surface area contributed by atoms with Crippen molar-refractivity contribution >= 4 is 17.1 Å². The van der Waals surface area contributed by atoms with Gasteiger partial charge in [-0.25, -0.2) is 0 Å². The smallest absolute Gasteiger partial charge is 0.0193 e. The predicted molar refractivity (Wildman–Crippen MR) is 71.7 cm³/mol. The first-order valence-corrected chi connectivity index (χ1v) is 6.24. The maximum atomic E-state index is 5.13. The van der Waals surface area contributed by atoms with E-state index in [1.165, 1.54) is 43.2 Å². The summed E-state index contributed by atoms with van der Waals surface area (Å²) in [5.74, 6) is 0. The molecule has 15 heavy (non-hydrogen) atoms. The van der Waals surface area contributed by atoms with Gasteiger partial charge in [0.1, 0.15) is 0 Å². The number of benzene rings is 1. The minimum absolute atomic E-state index is 0.979. The summed E-state index contributed by atoms with van der Waals surface area (Å²) >= 11 is 5.13. The topological polar surface area (TPSA) is 0 Å². The summed E-state index contributed by atoms with van der Waals surface area (Å²) in [6.07, 6.45) is 6.53. The second-order valence-corrected chi connectivity index (χ2v) is 4.68. The Bertz CT molecular complexity index is 298. The Morgan fingerprint density at radius 1 is 1.07 bits per heavy atom. The van der Waals surface area contributed by atoms with E-state index in [0.29, 0.717) is 0 Å². The standard InChI is InChI=1S/C14H20S/c1-3-4-5-6-7-13-8-10-14(11-9-13)12(2)15/h8-11H,3-7H2,1-2H3. The number of thiocarbonyl (C=S) groups is 1. The molecule has 0 heterocycles. The van der Waals surface area contributed by atoms with Gasteiger partial charge in [0.25, 0.3) is 0 Å². The highest BCUT2D eigenvalue weighted by Crippen LogP contribution is 2.10. The largest absolute Gasteiger partial charge is 0.0846 e. The molecule has 0 aliphatic rings. The highest BCUT2D eigenvalue weighted by Gasteiger charge is 1.96. The van der Waals surface area contributed by atoms with Gasteiger partial charge in [-0.05, 0) is 30.9 Å². The van der Waals surface area contributed by atoms with E-state index < -0.39 is 0 Å². The number of rotatable bonds is 6. The van der Waals surface area contributed by atoms with E-state index in [0.717, 1.165) is 4.86 Å². The second kappa shape index (κ2) is 6.73. The summed E-state index contributed by atoms with van der Waals surface area (Å²) in [5.41, 5.74) is 2.62. The van der Waals surface area contributed by atoms with Crippen molar-refractivity contribution in [3.63, 3.8) is 0 Å². The molecule has 0 saturated heterocycles. The molecule has 82 valence electrons. The highest BCUT2D eigenvalue weighted by atomic mass is 32.1. The zero-order chi connectivity index (χ0) is 11.1. The van der Waals surface area contributed by atoms with Crippen LogP contribution in [0.1, 0.15) is 50.7 Å². The molecule has 0 unspecified atom stereocenters. The number of aryl methyl sites for hydroxylation is 1. The van der Waals surface area contributed by atoms with Crippen molar-refractivity contribution in [1.82, 2.24) is 0 Å². The summed E-state index contributed by atoms with van der Waals surface area (Å²) in [7, 11) is 0. The number of unbranched alkanes of at least 4 members (excludes halogenated alkanes) is 3. The molecule has 1 heteroatoms. The molecule has 1 aromatic carbocycles. The Kier molecular flexibility index (Phi) is 5.56. The maximum absolute atomic E-state index is 5.13. The average Bonchev–Trinajstić information content (AvgIpc) is 2.25. The zero-order valence-electron chi connectivity index (χ0n) is 9.75. The van der Waals surface area contributed by atoms with Crippen molar-refractivity contribution in [1.29, 1.82) is 0 Å². The van der Waals surface area contributed by atoms with Crippen LogP contribution >= 0.6 is 12.2 Å². The minimum atomic E-state index is 0.979. The van der Waals surface area contributed by atoms with Gasteiger partial charge in [0.05, 0.1) is 0 Å². The normalized spacial score (nSPS) is 10.3. The fourth-order valence-corrected chi connectivity index (χ4v) is 1.80. The molecule has 0 radical (unpaired) electrons. The predicted octanol–water partition coefficient (Wildman–Crippen LogP) is 4.55. The van der Waals surface area contributed by atoms with E-state index in [1.807, 2.05) is 6.92 Å². The Morgan fingerprint density at radius 3 is 2.27 bits per heavy atom. The van der Waals surface area contributed by atoms with E-state index in [4.69, 9.17) is 12.2 Å². The van der Waals surface area contributed by atoms with Crippen LogP contribution in [0.15, 0.2) is 24.3 Å². The zero-order valence-corrected chi connectivity index (χ0v) is 10.6. The van der Waals surface area contributed by atoms with Crippen LogP contribution in [-0.2, 0) is 6.42 Å². The lowest BCUT2D eigenvalue weighted by Crippen LogP contribution is -1.91. The maximum Gasteiger partial charge on any atom is 0.0193 e. The molecule has 0 aliphatic carbocycles. The van der Waals surface area contributed by atoms with Gasteiger partial charge >= 0.3 is 0 Å². The summed E-state index contributed by atoms with van der Waals surface area (Å²) in [4.78, 5) is 0.979. The molecular weight excluding hydrogens is 200 g/mol. The summed E-state index contributed by atoms with van der Waals surface area (Å²) in [6, 6.07) is 8.68. The Hall–Kier alpha value is -0.690. The van der Waals surface area contributed by atoms with Crippen LogP contribution in [0.2, 0.25) is 0 Å². The Labute approximate surface area is 98.7 Å². The molecule has 1 rings (SSSR count). The van der Waals surface area contributed by atoms with Gasteiger partial charge in [0.2, 0.25) is 0 Å². The number of hydrogen-bond acceptors (Lipinski definition) is 1. The Morgan fingerprint density at radius 2 is 1.73 bits per heavy atom. The lowest BCUT2D eigenvalue weighted by molar-refractivity contribution is 0.667. The third-order valence-electron chi connectivity index (χ3n) is 2.68. The van der Waals surface area contributed by atoms with Gasteiger partial charge in [0, 0.05) is 4.86 Å². The molecule has 0 saturated carbocycles. The van der Waals surface area contributed by atoms with E-state index >= 15 is 0 Å². The van der Waals surface area contributed by atoms with Gasteiger partial charge in [-0.1, -0.05) is 62.7 Å². The van der Waals surface area contributed by atoms with Crippen LogP contribution in [0.3, 0.4) is 0 Å². The summed E-state index contributed by atoms with van der Waals surface area (Å²) in [5, 5.41) is 0. The molecule has 0 atom stereocenters. The highest BCUT2D eigenvalue weighted by molar-refractivity contribution is 7.80. The first-order chi connectivity index (χ1) is 7.24.